The van der Waals surface area contributed by atoms with Crippen molar-refractivity contribution in [2.24, 2.45) is 11.5 Å². The number of nitrogens with one attached hydrogen (secondary N) is 1. The summed E-state index contributed by atoms with van der Waals surface area (Å²) >= 11 is 0. The Labute approximate surface area is 113 Å². The lowest BCUT2D eigenvalue weighted by Gasteiger charge is -2.08. The molecule has 0 radical (unpaired) electrons. The molecule has 112 valence electrons. The highest BCUT2D eigenvalue weighted by Crippen LogP contribution is 2.00. The Bertz CT molecular complexity index is 248. The Balaban J connectivity index is 3.24. The third-order valence-electron chi connectivity index (χ3n) is 2.87. The molecule has 0 aromatic carbocycles. The molecule has 0 aliphatic heterocycles. The topological polar surface area (TPSA) is 139 Å². The van der Waals surface area contributed by atoms with Gasteiger partial charge < -0.3 is 27.0 Å². The van der Waals surface area contributed by atoms with Gasteiger partial charge in [-0.25, -0.2) is 0 Å². The van der Waals surface area contributed by atoms with Crippen LogP contribution < -0.4 is 16.8 Å². The molecule has 0 bridgehead atoms. The molecule has 0 aromatic heterocycles. The molecule has 0 fully saturated rings. The van der Waals surface area contributed by atoms with E-state index in [0.29, 0.717) is 12.8 Å². The molecule has 0 spiro atoms. The Kier molecular flexibility index (Phi) is 10.1. The Hall–Kier alpha value is -1.18. The molecule has 0 aromatic rings. The molecule has 7 nitrogen and oxygen atoms in total. The van der Waals surface area contributed by atoms with Crippen molar-refractivity contribution in [1.82, 2.24) is 5.32 Å². The van der Waals surface area contributed by atoms with Crippen LogP contribution >= 0.6 is 0 Å². The van der Waals surface area contributed by atoms with E-state index in [2.05, 4.69) is 5.32 Å². The van der Waals surface area contributed by atoms with Gasteiger partial charge in [0.1, 0.15) is 12.1 Å². The van der Waals surface area contributed by atoms with Crippen LogP contribution in [0.15, 0.2) is 0 Å². The average molecular weight is 275 g/mol. The highest BCUT2D eigenvalue weighted by Gasteiger charge is 2.10. The summed E-state index contributed by atoms with van der Waals surface area (Å²) in [6.07, 6.45) is 4.31. The van der Waals surface area contributed by atoms with E-state index in [9.17, 15) is 9.59 Å². The standard InChI is InChI=1S/C12H25N3O4/c13-9(11(16)17)5-1-3-7-15-8-4-2-6-10(14)12(18)19/h9-10,15H,1-8,13-14H2,(H,16,17)(H,18,19)/t9-,10?/m0/s1. The van der Waals surface area contributed by atoms with Crippen LogP contribution in [0.1, 0.15) is 38.5 Å². The largest absolute Gasteiger partial charge is 0.480 e. The van der Waals surface area contributed by atoms with E-state index in [0.717, 1.165) is 38.8 Å². The van der Waals surface area contributed by atoms with Gasteiger partial charge in [-0.1, -0.05) is 12.8 Å². The maximum atomic E-state index is 10.4. The number of hydrogen-bond donors (Lipinski definition) is 5. The third kappa shape index (κ3) is 10.4. The molecule has 0 aliphatic carbocycles. The van der Waals surface area contributed by atoms with Gasteiger partial charge in [0.15, 0.2) is 0 Å². The predicted molar refractivity (Wildman–Crippen MR) is 71.8 cm³/mol. The molecule has 0 heterocycles. The van der Waals surface area contributed by atoms with Crippen LogP contribution in [0.2, 0.25) is 0 Å². The van der Waals surface area contributed by atoms with Crippen LogP contribution in [0.5, 0.6) is 0 Å². The van der Waals surface area contributed by atoms with Gasteiger partial charge >= 0.3 is 11.9 Å². The van der Waals surface area contributed by atoms with Crippen molar-refractivity contribution in [3.05, 3.63) is 0 Å². The fraction of sp³-hybridized carbons (Fsp3) is 0.833. The van der Waals surface area contributed by atoms with Gasteiger partial charge in [0.2, 0.25) is 0 Å². The molecule has 0 amide bonds. The highest BCUT2D eigenvalue weighted by atomic mass is 16.4. The summed E-state index contributed by atoms with van der Waals surface area (Å²) in [6, 6.07) is -1.53. The lowest BCUT2D eigenvalue weighted by molar-refractivity contribution is -0.139. The minimum atomic E-state index is -0.956. The molecule has 0 saturated heterocycles. The van der Waals surface area contributed by atoms with Crippen LogP contribution in [0.25, 0.3) is 0 Å². The summed E-state index contributed by atoms with van der Waals surface area (Å²) in [5.74, 6) is -1.91. The van der Waals surface area contributed by atoms with E-state index in [1.807, 2.05) is 0 Å². The number of nitrogens with two attached hydrogens (primary N) is 2. The van der Waals surface area contributed by atoms with Crippen molar-refractivity contribution in [2.75, 3.05) is 13.1 Å². The normalized spacial score (nSPS) is 14.0. The number of unbranched alkanes of at least 4 members (excludes halogenated alkanes) is 2. The first-order valence-corrected chi connectivity index (χ1v) is 6.62. The zero-order valence-corrected chi connectivity index (χ0v) is 11.2. The molecule has 0 aliphatic rings. The lowest BCUT2D eigenvalue weighted by atomic mass is 10.1. The van der Waals surface area contributed by atoms with E-state index < -0.39 is 24.0 Å². The van der Waals surface area contributed by atoms with Gasteiger partial charge in [-0.15, -0.1) is 0 Å². The van der Waals surface area contributed by atoms with E-state index in [-0.39, 0.29) is 0 Å². The maximum Gasteiger partial charge on any atom is 0.320 e. The molecule has 0 rings (SSSR count). The van der Waals surface area contributed by atoms with Gasteiger partial charge in [0.05, 0.1) is 0 Å². The first-order valence-electron chi connectivity index (χ1n) is 6.62. The second-order valence-electron chi connectivity index (χ2n) is 4.63. The SMILES string of the molecule is NC(CCCCNCCCC[C@H](N)C(=O)O)C(=O)O. The van der Waals surface area contributed by atoms with Crippen molar-refractivity contribution in [3.8, 4) is 0 Å². The van der Waals surface area contributed by atoms with Gasteiger partial charge in [-0.2, -0.15) is 0 Å². The Morgan fingerprint density at radius 1 is 0.842 bits per heavy atom. The van der Waals surface area contributed by atoms with Crippen LogP contribution in [-0.4, -0.2) is 47.3 Å². The fourth-order valence-electron chi connectivity index (χ4n) is 1.60. The number of rotatable bonds is 12. The number of hydrogen-bond acceptors (Lipinski definition) is 5. The highest BCUT2D eigenvalue weighted by molar-refractivity contribution is 5.73. The van der Waals surface area contributed by atoms with Crippen molar-refractivity contribution >= 4 is 11.9 Å². The summed E-state index contributed by atoms with van der Waals surface area (Å²) in [4.78, 5) is 20.9. The average Bonchev–Trinajstić information content (AvgIpc) is 2.35. The summed E-state index contributed by atoms with van der Waals surface area (Å²) < 4.78 is 0. The first-order chi connectivity index (χ1) is 8.95. The van der Waals surface area contributed by atoms with Gasteiger partial charge in [-0.05, 0) is 38.8 Å². The molecule has 1 unspecified atom stereocenters. The predicted octanol–water partition coefficient (Wildman–Crippen LogP) is -0.260. The second-order valence-corrected chi connectivity index (χ2v) is 4.63. The molecule has 19 heavy (non-hydrogen) atoms. The van der Waals surface area contributed by atoms with Gasteiger partial charge in [-0.3, -0.25) is 9.59 Å². The summed E-state index contributed by atoms with van der Waals surface area (Å²) in [5, 5.41) is 20.4. The zero-order chi connectivity index (χ0) is 14.7. The second kappa shape index (κ2) is 10.7. The fourth-order valence-corrected chi connectivity index (χ4v) is 1.60. The van der Waals surface area contributed by atoms with Crippen molar-refractivity contribution < 1.29 is 19.8 Å². The maximum absolute atomic E-state index is 10.4. The van der Waals surface area contributed by atoms with E-state index in [1.165, 1.54) is 0 Å². The van der Waals surface area contributed by atoms with Crippen LogP contribution in [0.4, 0.5) is 0 Å². The van der Waals surface area contributed by atoms with Crippen molar-refractivity contribution in [3.63, 3.8) is 0 Å². The molecule has 0 saturated carbocycles. The quantitative estimate of drug-likeness (QED) is 0.309. The monoisotopic (exact) mass is 275 g/mol. The van der Waals surface area contributed by atoms with E-state index in [1.54, 1.807) is 0 Å². The summed E-state index contributed by atoms with van der Waals surface area (Å²) in [5.41, 5.74) is 10.7. The minimum Gasteiger partial charge on any atom is -0.480 e. The molecule has 7 heteroatoms. The summed E-state index contributed by atoms with van der Waals surface area (Å²) in [6.45, 7) is 1.63. The van der Waals surface area contributed by atoms with Gasteiger partial charge in [0.25, 0.3) is 0 Å². The molecular weight excluding hydrogens is 250 g/mol. The zero-order valence-electron chi connectivity index (χ0n) is 11.2. The number of aliphatic carboxylic acids is 2. The summed E-state index contributed by atoms with van der Waals surface area (Å²) in [7, 11) is 0. The molecule has 7 N–H and O–H groups in total. The van der Waals surface area contributed by atoms with Crippen molar-refractivity contribution in [1.29, 1.82) is 0 Å². The van der Waals surface area contributed by atoms with Gasteiger partial charge in [0, 0.05) is 0 Å². The minimum absolute atomic E-state index is 0.491. The molecule has 2 atom stereocenters. The molecular formula is C12H25N3O4. The van der Waals surface area contributed by atoms with E-state index >= 15 is 0 Å². The smallest absolute Gasteiger partial charge is 0.320 e. The third-order valence-corrected chi connectivity index (χ3v) is 2.87. The number of carboxylic acids is 2. The Morgan fingerprint density at radius 3 is 1.53 bits per heavy atom. The van der Waals surface area contributed by atoms with Crippen LogP contribution in [0, 0.1) is 0 Å². The van der Waals surface area contributed by atoms with Crippen LogP contribution in [-0.2, 0) is 9.59 Å². The first kappa shape index (κ1) is 17.8. The lowest BCUT2D eigenvalue weighted by Crippen LogP contribution is -2.30. The van der Waals surface area contributed by atoms with E-state index in [4.69, 9.17) is 21.7 Å². The number of carbonyl (C=O) groups is 2. The number of carboxylic acid groups (broad SMARTS) is 2. The van der Waals surface area contributed by atoms with Crippen molar-refractivity contribution in [2.45, 2.75) is 50.6 Å². The Morgan fingerprint density at radius 2 is 1.21 bits per heavy atom. The van der Waals surface area contributed by atoms with Crippen LogP contribution in [0.3, 0.4) is 0 Å².